The molecule has 5 fully saturated rings. The van der Waals surface area contributed by atoms with Gasteiger partial charge >= 0.3 is 11.9 Å². The molecule has 6 aliphatic rings. The molecular formula is C32H47NO7. The number of esters is 1. The van der Waals surface area contributed by atoms with Gasteiger partial charge in [0.2, 0.25) is 0 Å². The summed E-state index contributed by atoms with van der Waals surface area (Å²) in [5, 5.41) is 13.8. The van der Waals surface area contributed by atoms with Crippen LogP contribution >= 0.6 is 0 Å². The first-order valence-electron chi connectivity index (χ1n) is 15.8. The third-order valence-corrected chi connectivity index (χ3v) is 11.4. The number of carbonyl (C=O) groups is 3. The van der Waals surface area contributed by atoms with Gasteiger partial charge in [0, 0.05) is 30.2 Å². The summed E-state index contributed by atoms with van der Waals surface area (Å²) in [6, 6.07) is 0.327. The van der Waals surface area contributed by atoms with E-state index in [9.17, 15) is 19.5 Å². The van der Waals surface area contributed by atoms with E-state index in [0.29, 0.717) is 44.1 Å². The summed E-state index contributed by atoms with van der Waals surface area (Å²) in [5.41, 5.74) is 0.783. The van der Waals surface area contributed by atoms with Crippen molar-refractivity contribution in [3.05, 3.63) is 11.6 Å². The summed E-state index contributed by atoms with van der Waals surface area (Å²) in [5.74, 6) is -1.11. The molecular weight excluding hydrogens is 510 g/mol. The molecule has 3 saturated carbocycles. The number of allylic oxidation sites excluding steroid dienone is 1. The lowest BCUT2D eigenvalue weighted by Gasteiger charge is -2.63. The third kappa shape index (κ3) is 4.86. The van der Waals surface area contributed by atoms with Crippen LogP contribution in [0.25, 0.3) is 0 Å². The average Bonchev–Trinajstić information content (AvgIpc) is 3.41. The second-order valence-corrected chi connectivity index (χ2v) is 14.1. The van der Waals surface area contributed by atoms with Crippen LogP contribution in [-0.2, 0) is 28.6 Å². The Hall–Kier alpha value is -1.77. The molecule has 2 bridgehead atoms. The highest BCUT2D eigenvalue weighted by atomic mass is 16.6. The minimum atomic E-state index is -0.817. The van der Waals surface area contributed by atoms with Crippen LogP contribution < -0.4 is 5.32 Å². The van der Waals surface area contributed by atoms with E-state index in [-0.39, 0.29) is 53.0 Å². The van der Waals surface area contributed by atoms with Crippen LogP contribution in [0.4, 0.5) is 0 Å². The summed E-state index contributed by atoms with van der Waals surface area (Å²) in [6.07, 6.45) is 8.66. The number of carboxylic acids is 1. The predicted octanol–water partition coefficient (Wildman–Crippen LogP) is 4.02. The van der Waals surface area contributed by atoms with Gasteiger partial charge in [0.15, 0.2) is 5.78 Å². The van der Waals surface area contributed by atoms with E-state index < -0.39 is 17.8 Å². The SMILES string of the molecule is CC(=O)O[C@@H]1C[C@]23COCC(C2CCC2C3=CC(=O)C3C2CCC(CC(C)C)C3C(=O)O)[C@H]1OC[C@@H]1CCCN1. The Labute approximate surface area is 237 Å². The summed E-state index contributed by atoms with van der Waals surface area (Å²) in [6.45, 7) is 8.43. The largest absolute Gasteiger partial charge is 0.481 e. The average molecular weight is 558 g/mol. The molecule has 7 unspecified atom stereocenters. The van der Waals surface area contributed by atoms with E-state index in [1.54, 1.807) is 0 Å². The number of rotatable bonds is 7. The molecule has 2 saturated heterocycles. The van der Waals surface area contributed by atoms with Gasteiger partial charge < -0.3 is 24.6 Å². The molecule has 8 heteroatoms. The fourth-order valence-electron chi connectivity index (χ4n) is 10.1. The highest BCUT2D eigenvalue weighted by Gasteiger charge is 2.64. The molecule has 222 valence electrons. The first kappa shape index (κ1) is 28.4. The van der Waals surface area contributed by atoms with Crippen LogP contribution in [0, 0.1) is 52.8 Å². The highest BCUT2D eigenvalue weighted by molar-refractivity contribution is 5.97. The van der Waals surface area contributed by atoms with Crippen LogP contribution in [0.2, 0.25) is 0 Å². The van der Waals surface area contributed by atoms with Crippen molar-refractivity contribution in [2.45, 2.75) is 90.4 Å². The lowest BCUT2D eigenvalue weighted by atomic mass is 9.45. The number of nitrogens with one attached hydrogen (secondary N) is 1. The van der Waals surface area contributed by atoms with Gasteiger partial charge in [-0.15, -0.1) is 0 Å². The number of fused-ring (bicyclic) bond motifs is 3. The molecule has 40 heavy (non-hydrogen) atoms. The Bertz CT molecular complexity index is 1030. The monoisotopic (exact) mass is 557 g/mol. The van der Waals surface area contributed by atoms with E-state index >= 15 is 0 Å². The predicted molar refractivity (Wildman–Crippen MR) is 147 cm³/mol. The number of aliphatic carboxylic acids is 1. The zero-order chi connectivity index (χ0) is 28.2. The lowest BCUT2D eigenvalue weighted by molar-refractivity contribution is -0.225. The van der Waals surface area contributed by atoms with Gasteiger partial charge in [0.1, 0.15) is 6.10 Å². The number of ketones is 1. The molecule has 11 atom stereocenters. The van der Waals surface area contributed by atoms with Gasteiger partial charge in [-0.2, -0.15) is 0 Å². The van der Waals surface area contributed by atoms with E-state index in [2.05, 4.69) is 19.2 Å². The third-order valence-electron chi connectivity index (χ3n) is 11.4. The van der Waals surface area contributed by atoms with Gasteiger partial charge in [0.05, 0.1) is 31.8 Å². The summed E-state index contributed by atoms with van der Waals surface area (Å²) >= 11 is 0. The Kier molecular flexibility index (Phi) is 7.90. The summed E-state index contributed by atoms with van der Waals surface area (Å²) in [7, 11) is 0. The second kappa shape index (κ2) is 11.1. The second-order valence-electron chi connectivity index (χ2n) is 14.1. The zero-order valence-electron chi connectivity index (χ0n) is 24.3. The van der Waals surface area contributed by atoms with Gasteiger partial charge in [-0.05, 0) is 93.6 Å². The fourth-order valence-corrected chi connectivity index (χ4v) is 10.1. The van der Waals surface area contributed by atoms with Crippen molar-refractivity contribution < 1.29 is 33.7 Å². The molecule has 0 aromatic carbocycles. The molecule has 2 aliphatic heterocycles. The lowest BCUT2D eigenvalue weighted by Crippen LogP contribution is -2.64. The molecule has 6 rings (SSSR count). The number of carbonyl (C=O) groups excluding carboxylic acids is 2. The van der Waals surface area contributed by atoms with Crippen molar-refractivity contribution in [2.24, 2.45) is 52.8 Å². The van der Waals surface area contributed by atoms with Crippen LogP contribution in [0.1, 0.15) is 72.1 Å². The van der Waals surface area contributed by atoms with E-state index in [1.807, 2.05) is 6.08 Å². The maximum absolute atomic E-state index is 13.9. The summed E-state index contributed by atoms with van der Waals surface area (Å²) < 4.78 is 18.9. The first-order chi connectivity index (χ1) is 19.2. The highest BCUT2D eigenvalue weighted by Crippen LogP contribution is 2.64. The molecule has 0 aromatic rings. The van der Waals surface area contributed by atoms with Gasteiger partial charge in [0.25, 0.3) is 0 Å². The molecule has 0 spiro atoms. The quantitative estimate of drug-likeness (QED) is 0.452. The van der Waals surface area contributed by atoms with Crippen LogP contribution in [0.5, 0.6) is 0 Å². The normalized spacial score (nSPS) is 44.3. The molecule has 0 aromatic heterocycles. The number of ether oxygens (including phenoxy) is 3. The molecule has 0 amide bonds. The molecule has 8 nitrogen and oxygen atoms in total. The number of hydrogen-bond donors (Lipinski definition) is 2. The Morgan fingerprint density at radius 3 is 2.70 bits per heavy atom. The molecule has 2 N–H and O–H groups in total. The zero-order valence-corrected chi connectivity index (χ0v) is 24.3. The van der Waals surface area contributed by atoms with E-state index in [4.69, 9.17) is 14.2 Å². The van der Waals surface area contributed by atoms with Gasteiger partial charge in [-0.1, -0.05) is 19.4 Å². The minimum Gasteiger partial charge on any atom is -0.481 e. The van der Waals surface area contributed by atoms with Crippen molar-refractivity contribution >= 4 is 17.7 Å². The van der Waals surface area contributed by atoms with Gasteiger partial charge in [-0.3, -0.25) is 14.4 Å². The Morgan fingerprint density at radius 1 is 1.18 bits per heavy atom. The summed E-state index contributed by atoms with van der Waals surface area (Å²) in [4.78, 5) is 38.8. The Balaban J connectivity index is 1.32. The van der Waals surface area contributed by atoms with Crippen LogP contribution in [-0.4, -0.2) is 67.4 Å². The van der Waals surface area contributed by atoms with Gasteiger partial charge in [-0.25, -0.2) is 0 Å². The van der Waals surface area contributed by atoms with Crippen molar-refractivity contribution in [3.8, 4) is 0 Å². The molecule has 4 aliphatic carbocycles. The number of carboxylic acid groups (broad SMARTS) is 1. The Morgan fingerprint density at radius 2 is 2.00 bits per heavy atom. The van der Waals surface area contributed by atoms with E-state index in [0.717, 1.165) is 57.1 Å². The van der Waals surface area contributed by atoms with Crippen LogP contribution in [0.3, 0.4) is 0 Å². The first-order valence-corrected chi connectivity index (χ1v) is 15.8. The molecule has 0 radical (unpaired) electrons. The fraction of sp³-hybridized carbons (Fsp3) is 0.844. The molecule has 2 heterocycles. The maximum atomic E-state index is 13.9. The maximum Gasteiger partial charge on any atom is 0.307 e. The van der Waals surface area contributed by atoms with E-state index in [1.165, 1.54) is 6.92 Å². The van der Waals surface area contributed by atoms with Crippen molar-refractivity contribution in [2.75, 3.05) is 26.4 Å². The number of hydrogen-bond acceptors (Lipinski definition) is 7. The van der Waals surface area contributed by atoms with Crippen molar-refractivity contribution in [1.29, 1.82) is 0 Å². The van der Waals surface area contributed by atoms with Crippen LogP contribution in [0.15, 0.2) is 11.6 Å². The van der Waals surface area contributed by atoms with Crippen molar-refractivity contribution in [3.63, 3.8) is 0 Å². The minimum absolute atomic E-state index is 0.0102. The smallest absolute Gasteiger partial charge is 0.307 e. The topological polar surface area (TPSA) is 111 Å². The standard InChI is InChI=1S/C32H47NO7/c1-17(2)11-19-6-7-22-21-8-9-24-23-15-38-16-32(24,25(21)12-26(35)29(22)28(19)31(36)37)13-27(40-18(3)34)30(23)39-14-20-5-4-10-33-20/h12,17,19-24,27-30,33H,4-11,13-16H2,1-3H3,(H,36,37)/t19?,20-,21?,22?,23?,24?,27+,28?,29?,30+,32-/m0/s1. The van der Waals surface area contributed by atoms with Crippen molar-refractivity contribution in [1.82, 2.24) is 5.32 Å².